The number of rotatable bonds is 5. The Balaban J connectivity index is 0.00000242. The zero-order valence-electron chi connectivity index (χ0n) is 13.4. The van der Waals surface area contributed by atoms with E-state index >= 15 is 0 Å². The Morgan fingerprint density at radius 1 is 1.36 bits per heavy atom. The van der Waals surface area contributed by atoms with Crippen LogP contribution in [0.5, 0.6) is 0 Å². The molecule has 6 heteroatoms. The third-order valence-corrected chi connectivity index (χ3v) is 5.19. The molecule has 1 amide bonds. The molecule has 0 aromatic carbocycles. The fourth-order valence-electron chi connectivity index (χ4n) is 3.07. The molecule has 4 nitrogen and oxygen atoms in total. The van der Waals surface area contributed by atoms with Crippen LogP contribution >= 0.6 is 23.7 Å². The zero-order chi connectivity index (χ0) is 15.6. The van der Waals surface area contributed by atoms with Gasteiger partial charge in [0.05, 0.1) is 0 Å². The van der Waals surface area contributed by atoms with E-state index in [1.807, 2.05) is 24.8 Å². The van der Waals surface area contributed by atoms with E-state index in [1.165, 1.54) is 0 Å². The van der Waals surface area contributed by atoms with Gasteiger partial charge in [-0.05, 0) is 45.7 Å². The molecular weight excluding hydrogens is 320 g/mol. The molecule has 2 unspecified atom stereocenters. The van der Waals surface area contributed by atoms with E-state index in [2.05, 4.69) is 6.92 Å². The number of aryl methyl sites for hydroxylation is 2. The summed E-state index contributed by atoms with van der Waals surface area (Å²) in [5.74, 6) is 0.560. The monoisotopic (exact) mass is 344 g/mol. The van der Waals surface area contributed by atoms with Gasteiger partial charge in [0.2, 0.25) is 5.91 Å². The molecule has 22 heavy (non-hydrogen) atoms. The molecule has 1 fully saturated rings. The van der Waals surface area contributed by atoms with Crippen molar-refractivity contribution in [3.8, 4) is 0 Å². The van der Waals surface area contributed by atoms with Gasteiger partial charge in [0.15, 0.2) is 5.78 Å². The van der Waals surface area contributed by atoms with Crippen molar-refractivity contribution in [2.75, 3.05) is 13.1 Å². The molecule has 0 saturated carbocycles. The van der Waals surface area contributed by atoms with Crippen molar-refractivity contribution in [3.63, 3.8) is 0 Å². The van der Waals surface area contributed by atoms with Crippen molar-refractivity contribution in [2.24, 2.45) is 11.7 Å². The van der Waals surface area contributed by atoms with Gasteiger partial charge in [0, 0.05) is 40.7 Å². The van der Waals surface area contributed by atoms with Crippen molar-refractivity contribution in [2.45, 2.75) is 46.1 Å². The molecule has 0 radical (unpaired) electrons. The van der Waals surface area contributed by atoms with Crippen molar-refractivity contribution in [1.29, 1.82) is 0 Å². The maximum Gasteiger partial charge on any atom is 0.223 e. The van der Waals surface area contributed by atoms with Gasteiger partial charge in [0.25, 0.3) is 0 Å². The van der Waals surface area contributed by atoms with Crippen LogP contribution in [0.25, 0.3) is 0 Å². The highest BCUT2D eigenvalue weighted by Gasteiger charge is 2.31. The average Bonchev–Trinajstić information content (AvgIpc) is 2.98. The van der Waals surface area contributed by atoms with E-state index in [9.17, 15) is 9.59 Å². The highest BCUT2D eigenvalue weighted by molar-refractivity contribution is 7.12. The summed E-state index contributed by atoms with van der Waals surface area (Å²) in [6, 6.07) is 2.17. The van der Waals surface area contributed by atoms with Gasteiger partial charge >= 0.3 is 0 Å². The highest BCUT2D eigenvalue weighted by atomic mass is 35.5. The predicted octanol–water partition coefficient (Wildman–Crippen LogP) is 2.95. The second-order valence-electron chi connectivity index (χ2n) is 5.98. The van der Waals surface area contributed by atoms with Gasteiger partial charge in [-0.25, -0.2) is 0 Å². The van der Waals surface area contributed by atoms with Crippen LogP contribution in [0.3, 0.4) is 0 Å². The van der Waals surface area contributed by atoms with Gasteiger partial charge in [-0.1, -0.05) is 0 Å². The fourth-order valence-corrected chi connectivity index (χ4v) is 4.01. The smallest absolute Gasteiger partial charge is 0.223 e. The lowest BCUT2D eigenvalue weighted by molar-refractivity contribution is -0.131. The van der Waals surface area contributed by atoms with Gasteiger partial charge < -0.3 is 10.6 Å². The topological polar surface area (TPSA) is 63.4 Å². The number of Topliss-reactive ketones (excluding diaryl/α,β-unsaturated/α-hetero) is 1. The highest BCUT2D eigenvalue weighted by Crippen LogP contribution is 2.25. The first-order chi connectivity index (χ1) is 9.92. The molecule has 2 N–H and O–H groups in total. The third kappa shape index (κ3) is 4.31. The van der Waals surface area contributed by atoms with E-state index < -0.39 is 0 Å². The quantitative estimate of drug-likeness (QED) is 0.835. The zero-order valence-corrected chi connectivity index (χ0v) is 15.1. The maximum absolute atomic E-state index is 12.3. The summed E-state index contributed by atoms with van der Waals surface area (Å²) in [4.78, 5) is 28.6. The number of amides is 1. The van der Waals surface area contributed by atoms with E-state index in [0.29, 0.717) is 25.3 Å². The average molecular weight is 345 g/mol. The summed E-state index contributed by atoms with van der Waals surface area (Å²) in [7, 11) is 0. The maximum atomic E-state index is 12.3. The SMILES string of the molecule is Cc1cc(C(=O)CCC(=O)N2CC(CN)CC2C)c(C)s1.Cl. The lowest BCUT2D eigenvalue weighted by atomic mass is 10.1. The number of nitrogens with two attached hydrogens (primary N) is 1. The van der Waals surface area contributed by atoms with Crippen molar-refractivity contribution in [1.82, 2.24) is 4.90 Å². The summed E-state index contributed by atoms with van der Waals surface area (Å²) in [6.45, 7) is 7.38. The van der Waals surface area contributed by atoms with Crippen LogP contribution in [-0.2, 0) is 4.79 Å². The first-order valence-corrected chi connectivity index (χ1v) is 8.33. The van der Waals surface area contributed by atoms with Crippen molar-refractivity contribution >= 4 is 35.4 Å². The molecule has 124 valence electrons. The number of hydrogen-bond acceptors (Lipinski definition) is 4. The summed E-state index contributed by atoms with van der Waals surface area (Å²) in [5, 5.41) is 0. The fraction of sp³-hybridized carbons (Fsp3) is 0.625. The van der Waals surface area contributed by atoms with Crippen LogP contribution in [0.4, 0.5) is 0 Å². The molecule has 1 aliphatic heterocycles. The molecule has 1 aliphatic rings. The number of ketones is 1. The third-order valence-electron chi connectivity index (χ3n) is 4.22. The molecule has 1 aromatic heterocycles. The Bertz CT molecular complexity index is 544. The molecule has 1 aromatic rings. The van der Waals surface area contributed by atoms with Gasteiger partial charge in [-0.2, -0.15) is 0 Å². The molecule has 2 atom stereocenters. The van der Waals surface area contributed by atoms with E-state index in [4.69, 9.17) is 5.73 Å². The minimum atomic E-state index is 0. The number of hydrogen-bond donors (Lipinski definition) is 1. The van der Waals surface area contributed by atoms with Crippen LogP contribution in [-0.4, -0.2) is 35.7 Å². The normalized spacial score (nSPS) is 20.8. The number of likely N-dealkylation sites (tertiary alicyclic amines) is 1. The van der Waals surface area contributed by atoms with Crippen molar-refractivity contribution < 1.29 is 9.59 Å². The van der Waals surface area contributed by atoms with E-state index in [0.717, 1.165) is 28.3 Å². The Labute approximate surface area is 142 Å². The van der Waals surface area contributed by atoms with Crippen LogP contribution in [0.1, 0.15) is 46.3 Å². The second kappa shape index (κ2) is 8.09. The minimum Gasteiger partial charge on any atom is -0.340 e. The van der Waals surface area contributed by atoms with Crippen LogP contribution in [0.2, 0.25) is 0 Å². The number of nitrogens with zero attached hydrogens (tertiary/aromatic N) is 1. The van der Waals surface area contributed by atoms with Crippen LogP contribution in [0.15, 0.2) is 6.07 Å². The minimum absolute atomic E-state index is 0. The lowest BCUT2D eigenvalue weighted by Gasteiger charge is -2.21. The molecular formula is C16H25ClN2O2S. The Kier molecular flexibility index (Phi) is 7.03. The van der Waals surface area contributed by atoms with Gasteiger partial charge in [-0.15, -0.1) is 23.7 Å². The predicted molar refractivity (Wildman–Crippen MR) is 92.9 cm³/mol. The van der Waals surface area contributed by atoms with E-state index in [-0.39, 0.29) is 30.1 Å². The van der Waals surface area contributed by atoms with Crippen LogP contribution in [0, 0.1) is 19.8 Å². The van der Waals surface area contributed by atoms with Gasteiger partial charge in [0.1, 0.15) is 0 Å². The Morgan fingerprint density at radius 3 is 2.55 bits per heavy atom. The molecule has 0 spiro atoms. The number of carbonyl (C=O) groups excluding carboxylic acids is 2. The standard InChI is InChI=1S/C16H24N2O2S.ClH/c1-10-6-13(8-17)9-18(10)16(20)5-4-15(19)14-7-11(2)21-12(14)3;/h7,10,13H,4-6,8-9,17H2,1-3H3;1H. The second-order valence-corrected chi connectivity index (χ2v) is 7.44. The number of carbonyl (C=O) groups is 2. The summed E-state index contributed by atoms with van der Waals surface area (Å²) in [6.07, 6.45) is 1.57. The first-order valence-electron chi connectivity index (χ1n) is 7.52. The molecule has 2 heterocycles. The van der Waals surface area contributed by atoms with E-state index in [1.54, 1.807) is 11.3 Å². The lowest BCUT2D eigenvalue weighted by Crippen LogP contribution is -2.34. The van der Waals surface area contributed by atoms with Gasteiger partial charge in [-0.3, -0.25) is 9.59 Å². The summed E-state index contributed by atoms with van der Waals surface area (Å²) >= 11 is 1.63. The number of halogens is 1. The van der Waals surface area contributed by atoms with Crippen LogP contribution < -0.4 is 5.73 Å². The summed E-state index contributed by atoms with van der Waals surface area (Å²) < 4.78 is 0. The Hall–Kier alpha value is -0.910. The molecule has 0 bridgehead atoms. The Morgan fingerprint density at radius 2 is 2.05 bits per heavy atom. The van der Waals surface area contributed by atoms with Crippen molar-refractivity contribution in [3.05, 3.63) is 21.4 Å². The molecule has 1 saturated heterocycles. The largest absolute Gasteiger partial charge is 0.340 e. The summed E-state index contributed by atoms with van der Waals surface area (Å²) in [5.41, 5.74) is 6.46. The number of thiophene rings is 1. The first kappa shape index (κ1) is 19.1. The molecule has 2 rings (SSSR count). The molecule has 0 aliphatic carbocycles.